The quantitative estimate of drug-likeness (QED) is 0.474. The minimum atomic E-state index is 0.549. The van der Waals surface area contributed by atoms with Crippen molar-refractivity contribution in [1.29, 1.82) is 0 Å². The van der Waals surface area contributed by atoms with E-state index in [1.165, 1.54) is 5.56 Å². The fourth-order valence-electron chi connectivity index (χ4n) is 3.13. The Morgan fingerprint density at radius 1 is 0.720 bits per heavy atom. The number of fused-ring (bicyclic) bond motifs is 2. The minimum absolute atomic E-state index is 0.549. The number of benzene rings is 3. The topological polar surface area (TPSA) is 43.9 Å². The van der Waals surface area contributed by atoms with E-state index in [4.69, 9.17) is 9.40 Å². The molecule has 0 fully saturated rings. The van der Waals surface area contributed by atoms with Gasteiger partial charge in [0, 0.05) is 6.54 Å². The van der Waals surface area contributed by atoms with Gasteiger partial charge in [-0.15, -0.1) is 0 Å². The van der Waals surface area contributed by atoms with E-state index in [9.17, 15) is 0 Å². The predicted molar refractivity (Wildman–Crippen MR) is 98.3 cm³/mol. The maximum atomic E-state index is 5.97. The molecule has 2 aromatic heterocycles. The monoisotopic (exact) mass is 325 g/mol. The molecule has 0 bridgehead atoms. The lowest BCUT2D eigenvalue weighted by atomic mass is 10.2. The highest BCUT2D eigenvalue weighted by Gasteiger charge is 2.17. The maximum Gasteiger partial charge on any atom is 0.264 e. The molecule has 0 amide bonds. The van der Waals surface area contributed by atoms with Gasteiger partial charge in [0.15, 0.2) is 11.4 Å². The van der Waals surface area contributed by atoms with Gasteiger partial charge in [0.1, 0.15) is 5.52 Å². The summed E-state index contributed by atoms with van der Waals surface area (Å²) in [5.74, 6) is 1.30. The summed E-state index contributed by atoms with van der Waals surface area (Å²) in [5, 5.41) is 0. The van der Waals surface area contributed by atoms with Crippen molar-refractivity contribution in [3.8, 4) is 11.7 Å². The summed E-state index contributed by atoms with van der Waals surface area (Å²) in [6, 6.07) is 26.3. The normalized spacial score (nSPS) is 11.4. The molecule has 0 N–H and O–H groups in total. The Labute approximate surface area is 144 Å². The van der Waals surface area contributed by atoms with Crippen molar-refractivity contribution in [3.63, 3.8) is 0 Å². The average Bonchev–Trinajstić information content (AvgIpc) is 3.24. The van der Waals surface area contributed by atoms with Crippen LogP contribution >= 0.6 is 0 Å². The molecule has 3 aromatic carbocycles. The molecule has 0 unspecified atom stereocenters. The van der Waals surface area contributed by atoms with E-state index in [0.29, 0.717) is 5.89 Å². The van der Waals surface area contributed by atoms with E-state index in [1.807, 2.05) is 60.7 Å². The maximum absolute atomic E-state index is 5.97. The third kappa shape index (κ3) is 2.39. The lowest BCUT2D eigenvalue weighted by Gasteiger charge is -2.07. The van der Waals surface area contributed by atoms with Crippen molar-refractivity contribution in [2.75, 3.05) is 0 Å². The van der Waals surface area contributed by atoms with Gasteiger partial charge in [-0.05, 0) is 29.8 Å². The molecular formula is C21H15N3O. The van der Waals surface area contributed by atoms with Crippen LogP contribution in [0.3, 0.4) is 0 Å². The highest BCUT2D eigenvalue weighted by atomic mass is 16.3. The fraction of sp³-hybridized carbons (Fsp3) is 0.0476. The summed E-state index contributed by atoms with van der Waals surface area (Å²) in [6.07, 6.45) is 0. The SMILES string of the molecule is c1ccc(Cn2c(-c3nc4ccccc4o3)nc3ccccc32)cc1. The average molecular weight is 325 g/mol. The molecule has 5 aromatic rings. The summed E-state index contributed by atoms with van der Waals surface area (Å²) in [4.78, 5) is 9.41. The summed E-state index contributed by atoms with van der Waals surface area (Å²) in [7, 11) is 0. The second-order valence-corrected chi connectivity index (χ2v) is 5.98. The molecule has 4 heteroatoms. The zero-order valence-corrected chi connectivity index (χ0v) is 13.5. The molecule has 0 radical (unpaired) electrons. The first-order valence-corrected chi connectivity index (χ1v) is 8.24. The molecule has 0 spiro atoms. The Balaban J connectivity index is 1.72. The molecule has 120 valence electrons. The van der Waals surface area contributed by atoms with Crippen LogP contribution in [-0.2, 0) is 6.54 Å². The zero-order valence-electron chi connectivity index (χ0n) is 13.5. The van der Waals surface area contributed by atoms with Gasteiger partial charge in [-0.3, -0.25) is 0 Å². The fourth-order valence-corrected chi connectivity index (χ4v) is 3.13. The van der Waals surface area contributed by atoms with Crippen LogP contribution in [-0.4, -0.2) is 14.5 Å². The molecule has 0 aliphatic heterocycles. The zero-order chi connectivity index (χ0) is 16.6. The van der Waals surface area contributed by atoms with Crippen molar-refractivity contribution < 1.29 is 4.42 Å². The van der Waals surface area contributed by atoms with Gasteiger partial charge in [0.05, 0.1) is 11.0 Å². The highest BCUT2D eigenvalue weighted by molar-refractivity contribution is 5.81. The number of oxazole rings is 1. The van der Waals surface area contributed by atoms with Crippen molar-refractivity contribution in [2.24, 2.45) is 0 Å². The molecular weight excluding hydrogens is 310 g/mol. The molecule has 25 heavy (non-hydrogen) atoms. The molecule has 0 saturated heterocycles. The standard InChI is InChI=1S/C21H15N3O/c1-2-8-15(9-3-1)14-24-18-12-6-4-10-16(18)22-20(24)21-23-17-11-5-7-13-19(17)25-21/h1-13H,14H2. The summed E-state index contributed by atoms with van der Waals surface area (Å²) >= 11 is 0. The van der Waals surface area contributed by atoms with Crippen LogP contribution in [0.15, 0.2) is 83.3 Å². The number of nitrogens with zero attached hydrogens (tertiary/aromatic N) is 3. The lowest BCUT2D eigenvalue weighted by Crippen LogP contribution is -2.02. The second kappa shape index (κ2) is 5.60. The number of hydrogen-bond acceptors (Lipinski definition) is 3. The van der Waals surface area contributed by atoms with Gasteiger partial charge in [-0.25, -0.2) is 9.97 Å². The Kier molecular flexibility index (Phi) is 3.13. The summed E-state index contributed by atoms with van der Waals surface area (Å²) in [5.41, 5.74) is 4.84. The Bertz CT molecular complexity index is 1140. The number of para-hydroxylation sites is 4. The molecule has 0 aliphatic rings. The van der Waals surface area contributed by atoms with Crippen molar-refractivity contribution in [2.45, 2.75) is 6.54 Å². The highest BCUT2D eigenvalue weighted by Crippen LogP contribution is 2.28. The minimum Gasteiger partial charge on any atom is -0.434 e. The Morgan fingerprint density at radius 2 is 1.44 bits per heavy atom. The first kappa shape index (κ1) is 14.0. The smallest absolute Gasteiger partial charge is 0.264 e. The van der Waals surface area contributed by atoms with Crippen LogP contribution in [0, 0.1) is 0 Å². The van der Waals surface area contributed by atoms with E-state index in [2.05, 4.69) is 27.8 Å². The van der Waals surface area contributed by atoms with Crippen molar-refractivity contribution in [1.82, 2.24) is 14.5 Å². The van der Waals surface area contributed by atoms with E-state index < -0.39 is 0 Å². The van der Waals surface area contributed by atoms with E-state index in [0.717, 1.165) is 34.5 Å². The van der Waals surface area contributed by atoms with Gasteiger partial charge >= 0.3 is 0 Å². The van der Waals surface area contributed by atoms with Crippen molar-refractivity contribution >= 4 is 22.1 Å². The molecule has 4 nitrogen and oxygen atoms in total. The van der Waals surface area contributed by atoms with Gasteiger partial charge < -0.3 is 8.98 Å². The van der Waals surface area contributed by atoms with Crippen LogP contribution in [0.4, 0.5) is 0 Å². The summed E-state index contributed by atoms with van der Waals surface area (Å²) < 4.78 is 8.13. The number of rotatable bonds is 3. The molecule has 2 heterocycles. The van der Waals surface area contributed by atoms with Gasteiger partial charge in [0.25, 0.3) is 5.89 Å². The first-order chi connectivity index (χ1) is 12.4. The second-order valence-electron chi connectivity index (χ2n) is 5.98. The predicted octanol–water partition coefficient (Wildman–Crippen LogP) is 4.89. The molecule has 0 aliphatic carbocycles. The molecule has 5 rings (SSSR count). The third-order valence-electron chi connectivity index (χ3n) is 4.32. The first-order valence-electron chi connectivity index (χ1n) is 8.24. The summed E-state index contributed by atoms with van der Waals surface area (Å²) in [6.45, 7) is 0.718. The van der Waals surface area contributed by atoms with Gasteiger partial charge in [-0.1, -0.05) is 54.6 Å². The van der Waals surface area contributed by atoms with Crippen LogP contribution in [0.5, 0.6) is 0 Å². The number of imidazole rings is 1. The van der Waals surface area contributed by atoms with E-state index in [-0.39, 0.29) is 0 Å². The third-order valence-corrected chi connectivity index (χ3v) is 4.32. The van der Waals surface area contributed by atoms with Crippen LogP contribution in [0.2, 0.25) is 0 Å². The molecule has 0 saturated carbocycles. The van der Waals surface area contributed by atoms with Gasteiger partial charge in [0.2, 0.25) is 0 Å². The van der Waals surface area contributed by atoms with Gasteiger partial charge in [-0.2, -0.15) is 0 Å². The lowest BCUT2D eigenvalue weighted by molar-refractivity contribution is 0.606. The number of aromatic nitrogens is 3. The van der Waals surface area contributed by atoms with E-state index >= 15 is 0 Å². The van der Waals surface area contributed by atoms with Crippen LogP contribution in [0.1, 0.15) is 5.56 Å². The Hall–Kier alpha value is -3.40. The Morgan fingerprint density at radius 3 is 2.28 bits per heavy atom. The van der Waals surface area contributed by atoms with Crippen molar-refractivity contribution in [3.05, 3.63) is 84.4 Å². The number of hydrogen-bond donors (Lipinski definition) is 0. The van der Waals surface area contributed by atoms with E-state index in [1.54, 1.807) is 0 Å². The van der Waals surface area contributed by atoms with Crippen LogP contribution in [0.25, 0.3) is 33.8 Å². The largest absolute Gasteiger partial charge is 0.434 e. The van der Waals surface area contributed by atoms with Crippen LogP contribution < -0.4 is 0 Å². The molecule has 0 atom stereocenters.